The van der Waals surface area contributed by atoms with Gasteiger partial charge in [-0.05, 0) is 25.1 Å². The largest absolute Gasteiger partial charge is 0.493 e. The fourth-order valence-electron chi connectivity index (χ4n) is 1.77. The molecular formula is C13H13ClN2O2S. The predicted molar refractivity (Wildman–Crippen MR) is 77.7 cm³/mol. The zero-order valence-corrected chi connectivity index (χ0v) is 12.4. The van der Waals surface area contributed by atoms with Crippen molar-refractivity contribution in [2.24, 2.45) is 0 Å². The third-order valence-corrected chi connectivity index (χ3v) is 3.07. The summed E-state index contributed by atoms with van der Waals surface area (Å²) in [6, 6.07) is 5.36. The molecule has 0 saturated carbocycles. The van der Waals surface area contributed by atoms with Crippen LogP contribution in [-0.4, -0.2) is 24.2 Å². The number of nitrogens with one attached hydrogen (secondary N) is 1. The normalized spacial score (nSPS) is 10.3. The molecule has 0 fully saturated rings. The molecule has 0 atom stereocenters. The number of ether oxygens (including phenoxy) is 2. The van der Waals surface area contributed by atoms with E-state index in [0.717, 1.165) is 11.3 Å². The molecule has 0 unspecified atom stereocenters. The second kappa shape index (κ2) is 5.59. The highest BCUT2D eigenvalue weighted by Crippen LogP contribution is 2.38. The van der Waals surface area contributed by atoms with Crippen molar-refractivity contribution in [1.82, 2.24) is 9.97 Å². The van der Waals surface area contributed by atoms with E-state index in [0.29, 0.717) is 27.0 Å². The van der Waals surface area contributed by atoms with Crippen LogP contribution in [0.25, 0.3) is 11.4 Å². The van der Waals surface area contributed by atoms with Gasteiger partial charge in [-0.15, -0.1) is 0 Å². The molecule has 0 aliphatic rings. The molecular weight excluding hydrogens is 284 g/mol. The Balaban J connectivity index is 2.63. The van der Waals surface area contributed by atoms with Gasteiger partial charge in [-0.1, -0.05) is 23.8 Å². The van der Waals surface area contributed by atoms with E-state index < -0.39 is 0 Å². The van der Waals surface area contributed by atoms with Crippen LogP contribution in [0.15, 0.2) is 18.2 Å². The summed E-state index contributed by atoms with van der Waals surface area (Å²) in [5.41, 5.74) is 1.72. The molecule has 19 heavy (non-hydrogen) atoms. The fraction of sp³-hybridized carbons (Fsp3) is 0.231. The number of halogens is 1. The van der Waals surface area contributed by atoms with Crippen LogP contribution >= 0.6 is 23.8 Å². The highest BCUT2D eigenvalue weighted by Gasteiger charge is 2.13. The predicted octanol–water partition coefficient (Wildman–Crippen LogP) is 3.79. The Labute approximate surface area is 121 Å². The van der Waals surface area contributed by atoms with Crippen molar-refractivity contribution in [2.45, 2.75) is 6.92 Å². The van der Waals surface area contributed by atoms with Gasteiger partial charge in [0.25, 0.3) is 0 Å². The van der Waals surface area contributed by atoms with Crippen LogP contribution in [0.2, 0.25) is 5.02 Å². The van der Waals surface area contributed by atoms with Crippen molar-refractivity contribution in [2.75, 3.05) is 14.2 Å². The number of benzene rings is 1. The van der Waals surface area contributed by atoms with Crippen molar-refractivity contribution in [3.63, 3.8) is 0 Å². The number of aromatic amines is 1. The molecule has 1 aromatic carbocycles. The molecule has 0 bridgehead atoms. The molecule has 100 valence electrons. The summed E-state index contributed by atoms with van der Waals surface area (Å²) in [7, 11) is 3.10. The van der Waals surface area contributed by atoms with E-state index in [9.17, 15) is 0 Å². The Kier molecular flexibility index (Phi) is 4.07. The smallest absolute Gasteiger partial charge is 0.179 e. The van der Waals surface area contributed by atoms with Gasteiger partial charge < -0.3 is 14.5 Å². The molecule has 0 amide bonds. The maximum absolute atomic E-state index is 6.17. The van der Waals surface area contributed by atoms with Gasteiger partial charge in [0, 0.05) is 11.3 Å². The lowest BCUT2D eigenvalue weighted by molar-refractivity contribution is 0.355. The third-order valence-electron chi connectivity index (χ3n) is 2.58. The van der Waals surface area contributed by atoms with Crippen molar-refractivity contribution in [3.05, 3.63) is 33.6 Å². The first kappa shape index (κ1) is 13.8. The first-order valence-electron chi connectivity index (χ1n) is 5.55. The molecule has 2 aromatic rings. The van der Waals surface area contributed by atoms with E-state index in [4.69, 9.17) is 33.3 Å². The number of H-pyrrole nitrogens is 1. The summed E-state index contributed by atoms with van der Waals surface area (Å²) >= 11 is 11.3. The number of nitrogens with zero attached hydrogens (tertiary/aromatic N) is 1. The molecule has 4 nitrogen and oxygen atoms in total. The molecule has 0 saturated heterocycles. The molecule has 0 aliphatic heterocycles. The molecule has 0 radical (unpaired) electrons. The molecule has 0 aliphatic carbocycles. The van der Waals surface area contributed by atoms with E-state index in [-0.39, 0.29) is 0 Å². The molecule has 1 N–H and O–H groups in total. The van der Waals surface area contributed by atoms with Crippen LogP contribution in [-0.2, 0) is 0 Å². The van der Waals surface area contributed by atoms with E-state index >= 15 is 0 Å². The molecule has 1 heterocycles. The first-order valence-corrected chi connectivity index (χ1v) is 6.33. The minimum atomic E-state index is 0.458. The Morgan fingerprint density at radius 2 is 1.95 bits per heavy atom. The van der Waals surface area contributed by atoms with Crippen LogP contribution in [0, 0.1) is 11.6 Å². The van der Waals surface area contributed by atoms with Crippen molar-refractivity contribution in [3.8, 4) is 22.9 Å². The minimum absolute atomic E-state index is 0.458. The number of aromatic nitrogens is 2. The molecule has 2 rings (SSSR count). The minimum Gasteiger partial charge on any atom is -0.493 e. The van der Waals surface area contributed by atoms with Crippen LogP contribution in [0.1, 0.15) is 5.69 Å². The maximum Gasteiger partial charge on any atom is 0.179 e. The van der Waals surface area contributed by atoms with Gasteiger partial charge in [-0.2, -0.15) is 0 Å². The second-order valence-electron chi connectivity index (χ2n) is 3.94. The SMILES string of the molecule is COc1cc(-c2nc(=S)cc(C)[nH]2)cc(Cl)c1OC. The van der Waals surface area contributed by atoms with E-state index in [1.165, 1.54) is 0 Å². The Morgan fingerprint density at radius 1 is 1.21 bits per heavy atom. The molecule has 0 spiro atoms. The lowest BCUT2D eigenvalue weighted by atomic mass is 10.2. The zero-order chi connectivity index (χ0) is 14.0. The van der Waals surface area contributed by atoms with Gasteiger partial charge in [0.15, 0.2) is 11.5 Å². The van der Waals surface area contributed by atoms with Crippen molar-refractivity contribution >= 4 is 23.8 Å². The zero-order valence-electron chi connectivity index (χ0n) is 10.8. The topological polar surface area (TPSA) is 47.1 Å². The number of methoxy groups -OCH3 is 2. The lowest BCUT2D eigenvalue weighted by Crippen LogP contribution is -1.95. The average molecular weight is 297 g/mol. The van der Waals surface area contributed by atoms with E-state index in [1.807, 2.05) is 6.92 Å². The van der Waals surface area contributed by atoms with Gasteiger partial charge in [0.1, 0.15) is 10.5 Å². The van der Waals surface area contributed by atoms with Gasteiger partial charge >= 0.3 is 0 Å². The highest BCUT2D eigenvalue weighted by atomic mass is 35.5. The summed E-state index contributed by atoms with van der Waals surface area (Å²) in [6.45, 7) is 1.92. The number of hydrogen-bond acceptors (Lipinski definition) is 4. The van der Waals surface area contributed by atoms with E-state index in [2.05, 4.69) is 9.97 Å². The van der Waals surface area contributed by atoms with Crippen LogP contribution in [0.4, 0.5) is 0 Å². The van der Waals surface area contributed by atoms with Crippen molar-refractivity contribution in [1.29, 1.82) is 0 Å². The number of aryl methyl sites for hydroxylation is 1. The van der Waals surface area contributed by atoms with Crippen LogP contribution < -0.4 is 9.47 Å². The van der Waals surface area contributed by atoms with Crippen LogP contribution in [0.5, 0.6) is 11.5 Å². The Morgan fingerprint density at radius 3 is 2.53 bits per heavy atom. The third kappa shape index (κ3) is 2.88. The standard InChI is InChI=1S/C13H13ClN2O2S/c1-7-4-11(19)16-13(15-7)8-5-9(14)12(18-3)10(6-8)17-2/h4-6H,1-3H3,(H,15,16,19). The summed E-state index contributed by atoms with van der Waals surface area (Å²) in [5, 5.41) is 0.458. The second-order valence-corrected chi connectivity index (χ2v) is 4.77. The Hall–Kier alpha value is -1.59. The van der Waals surface area contributed by atoms with Gasteiger partial charge in [-0.25, -0.2) is 4.98 Å². The lowest BCUT2D eigenvalue weighted by Gasteiger charge is -2.11. The molecule has 1 aromatic heterocycles. The average Bonchev–Trinajstić information content (AvgIpc) is 2.36. The van der Waals surface area contributed by atoms with Crippen molar-refractivity contribution < 1.29 is 9.47 Å². The van der Waals surface area contributed by atoms with Crippen LogP contribution in [0.3, 0.4) is 0 Å². The quantitative estimate of drug-likeness (QED) is 0.876. The number of rotatable bonds is 3. The first-order chi connectivity index (χ1) is 9.05. The van der Waals surface area contributed by atoms with E-state index in [1.54, 1.807) is 32.4 Å². The molecule has 6 heteroatoms. The fourth-order valence-corrected chi connectivity index (χ4v) is 2.33. The van der Waals surface area contributed by atoms with Gasteiger partial charge in [-0.3, -0.25) is 0 Å². The maximum atomic E-state index is 6.17. The monoisotopic (exact) mass is 296 g/mol. The summed E-state index contributed by atoms with van der Waals surface area (Å²) < 4.78 is 11.0. The number of hydrogen-bond donors (Lipinski definition) is 1. The Bertz CT molecular complexity index is 670. The van der Waals surface area contributed by atoms with Gasteiger partial charge in [0.05, 0.1) is 19.2 Å². The summed E-state index contributed by atoms with van der Waals surface area (Å²) in [4.78, 5) is 7.43. The summed E-state index contributed by atoms with van der Waals surface area (Å²) in [5.74, 6) is 1.69. The summed E-state index contributed by atoms with van der Waals surface area (Å²) in [6.07, 6.45) is 0. The highest BCUT2D eigenvalue weighted by molar-refractivity contribution is 7.71. The van der Waals surface area contributed by atoms with Gasteiger partial charge in [0.2, 0.25) is 0 Å².